The van der Waals surface area contributed by atoms with E-state index < -0.39 is 17.2 Å². The number of ether oxygens (including phenoxy) is 1. The number of hydrogen-bond donors (Lipinski definition) is 1. The minimum absolute atomic E-state index is 0.00735. The van der Waals surface area contributed by atoms with E-state index in [4.69, 9.17) is 4.74 Å². The Hall–Kier alpha value is -2.14. The zero-order chi connectivity index (χ0) is 20.4. The van der Waals surface area contributed by atoms with Gasteiger partial charge in [-0.3, -0.25) is 10.1 Å². The van der Waals surface area contributed by atoms with Crippen LogP contribution in [0.15, 0.2) is 43.0 Å². The number of hydrogen-bond acceptors (Lipinski definition) is 4. The van der Waals surface area contributed by atoms with Crippen LogP contribution in [0.4, 0.5) is 0 Å². The highest BCUT2D eigenvalue weighted by atomic mass is 16.6. The minimum atomic E-state index is -0.710. The lowest BCUT2D eigenvalue weighted by Crippen LogP contribution is -2.64. The summed E-state index contributed by atoms with van der Waals surface area (Å²) in [7, 11) is 0. The molecule has 2 heterocycles. The SMILES string of the molecule is C=CC[C@]1(NCc2ccccc2)CC[C@@H]2CC[C@@H](C(=O)OC(C)(C)C)N2C1=O. The number of esters is 1. The highest BCUT2D eigenvalue weighted by Crippen LogP contribution is 2.39. The molecule has 3 rings (SSSR count). The summed E-state index contributed by atoms with van der Waals surface area (Å²) in [6.45, 7) is 10.1. The fourth-order valence-corrected chi connectivity index (χ4v) is 4.38. The molecule has 1 aromatic rings. The van der Waals surface area contributed by atoms with Crippen LogP contribution in [0.25, 0.3) is 0 Å². The molecule has 1 N–H and O–H groups in total. The number of carbonyl (C=O) groups is 2. The van der Waals surface area contributed by atoms with Gasteiger partial charge < -0.3 is 9.64 Å². The van der Waals surface area contributed by atoms with Gasteiger partial charge in [-0.25, -0.2) is 4.79 Å². The van der Waals surface area contributed by atoms with Gasteiger partial charge in [0.05, 0.1) is 0 Å². The average Bonchev–Trinajstić information content (AvgIpc) is 3.07. The van der Waals surface area contributed by atoms with E-state index in [1.165, 1.54) is 0 Å². The van der Waals surface area contributed by atoms with Crippen molar-refractivity contribution < 1.29 is 14.3 Å². The van der Waals surface area contributed by atoms with E-state index in [0.29, 0.717) is 19.4 Å². The number of nitrogens with one attached hydrogen (secondary N) is 1. The Balaban J connectivity index is 1.80. The topological polar surface area (TPSA) is 58.6 Å². The summed E-state index contributed by atoms with van der Waals surface area (Å²) in [6.07, 6.45) is 5.53. The van der Waals surface area contributed by atoms with Crippen molar-refractivity contribution in [3.05, 3.63) is 48.6 Å². The van der Waals surface area contributed by atoms with Gasteiger partial charge in [0.1, 0.15) is 17.2 Å². The lowest BCUT2D eigenvalue weighted by Gasteiger charge is -2.45. The van der Waals surface area contributed by atoms with Crippen LogP contribution in [-0.2, 0) is 20.9 Å². The van der Waals surface area contributed by atoms with Crippen molar-refractivity contribution in [2.24, 2.45) is 0 Å². The summed E-state index contributed by atoms with van der Waals surface area (Å²) in [5.41, 5.74) is -0.137. The molecule has 2 fully saturated rings. The zero-order valence-electron chi connectivity index (χ0n) is 17.2. The van der Waals surface area contributed by atoms with Crippen LogP contribution < -0.4 is 5.32 Å². The normalized spacial score (nSPS) is 27.4. The summed E-state index contributed by atoms with van der Waals surface area (Å²) in [6, 6.07) is 9.70. The van der Waals surface area contributed by atoms with E-state index in [1.54, 1.807) is 11.0 Å². The standard InChI is InChI=1S/C23H32N2O3/c1-5-14-23(24-16-17-9-7-6-8-10-17)15-13-18-11-12-19(25(18)21(23)27)20(26)28-22(2,3)4/h5-10,18-19,24H,1,11-16H2,2-4H3/t18-,19-,23-/m0/s1. The van der Waals surface area contributed by atoms with Crippen LogP contribution in [0.3, 0.4) is 0 Å². The number of rotatable bonds is 6. The lowest BCUT2D eigenvalue weighted by atomic mass is 9.82. The number of benzene rings is 1. The van der Waals surface area contributed by atoms with Gasteiger partial charge in [-0.2, -0.15) is 0 Å². The number of carbonyl (C=O) groups excluding carboxylic acids is 2. The molecule has 28 heavy (non-hydrogen) atoms. The fraction of sp³-hybridized carbons (Fsp3) is 0.565. The molecule has 2 saturated heterocycles. The molecule has 5 heteroatoms. The first-order valence-corrected chi connectivity index (χ1v) is 10.2. The van der Waals surface area contributed by atoms with Crippen LogP contribution >= 0.6 is 0 Å². The molecule has 0 unspecified atom stereocenters. The van der Waals surface area contributed by atoms with Crippen molar-refractivity contribution in [2.45, 2.75) is 82.6 Å². The van der Waals surface area contributed by atoms with Crippen LogP contribution in [0.1, 0.15) is 58.4 Å². The Kier molecular flexibility index (Phi) is 5.94. The molecule has 0 radical (unpaired) electrons. The molecule has 0 spiro atoms. The third kappa shape index (κ3) is 4.30. The average molecular weight is 385 g/mol. The Bertz CT molecular complexity index is 725. The van der Waals surface area contributed by atoms with Crippen molar-refractivity contribution in [1.29, 1.82) is 0 Å². The van der Waals surface area contributed by atoms with Gasteiger partial charge in [0.2, 0.25) is 5.91 Å². The number of fused-ring (bicyclic) bond motifs is 1. The van der Waals surface area contributed by atoms with Crippen molar-refractivity contribution >= 4 is 11.9 Å². The van der Waals surface area contributed by atoms with E-state index >= 15 is 0 Å². The third-order valence-electron chi connectivity index (χ3n) is 5.70. The Morgan fingerprint density at radius 3 is 2.64 bits per heavy atom. The van der Waals surface area contributed by atoms with E-state index in [2.05, 4.69) is 11.9 Å². The first-order chi connectivity index (χ1) is 13.3. The first-order valence-electron chi connectivity index (χ1n) is 10.2. The predicted octanol–water partition coefficient (Wildman–Crippen LogP) is 3.59. The maximum atomic E-state index is 13.6. The first kappa shape index (κ1) is 20.6. The van der Waals surface area contributed by atoms with Gasteiger partial charge in [0, 0.05) is 12.6 Å². The van der Waals surface area contributed by atoms with Gasteiger partial charge in [-0.1, -0.05) is 36.4 Å². The minimum Gasteiger partial charge on any atom is -0.458 e. The Morgan fingerprint density at radius 2 is 2.00 bits per heavy atom. The summed E-state index contributed by atoms with van der Waals surface area (Å²) >= 11 is 0. The number of amides is 1. The quantitative estimate of drug-likeness (QED) is 0.602. The van der Waals surface area contributed by atoms with Gasteiger partial charge in [0.15, 0.2) is 0 Å². The molecule has 1 aromatic carbocycles. The van der Waals surface area contributed by atoms with Crippen molar-refractivity contribution in [3.63, 3.8) is 0 Å². The fourth-order valence-electron chi connectivity index (χ4n) is 4.38. The second kappa shape index (κ2) is 8.08. The van der Waals surface area contributed by atoms with Crippen LogP contribution in [0, 0.1) is 0 Å². The summed E-state index contributed by atoms with van der Waals surface area (Å²) in [5.74, 6) is -0.284. The Labute approximate surface area is 168 Å². The van der Waals surface area contributed by atoms with Gasteiger partial charge in [-0.15, -0.1) is 6.58 Å². The number of piperidine rings is 1. The summed E-state index contributed by atoms with van der Waals surface area (Å²) < 4.78 is 5.60. The highest BCUT2D eigenvalue weighted by molar-refractivity contribution is 5.92. The Morgan fingerprint density at radius 1 is 1.29 bits per heavy atom. The monoisotopic (exact) mass is 384 g/mol. The summed E-state index contributed by atoms with van der Waals surface area (Å²) in [5, 5.41) is 3.51. The largest absolute Gasteiger partial charge is 0.458 e. The van der Waals surface area contributed by atoms with Gasteiger partial charge >= 0.3 is 5.97 Å². The van der Waals surface area contributed by atoms with E-state index in [1.807, 2.05) is 51.1 Å². The number of nitrogens with zero attached hydrogens (tertiary/aromatic N) is 1. The highest BCUT2D eigenvalue weighted by Gasteiger charge is 2.53. The molecule has 2 aliphatic rings. The van der Waals surface area contributed by atoms with E-state index in [-0.39, 0.29) is 17.9 Å². The predicted molar refractivity (Wildman–Crippen MR) is 110 cm³/mol. The second-order valence-electron chi connectivity index (χ2n) is 8.95. The van der Waals surface area contributed by atoms with E-state index in [9.17, 15) is 9.59 Å². The molecule has 0 bridgehead atoms. The molecule has 3 atom stereocenters. The lowest BCUT2D eigenvalue weighted by molar-refractivity contribution is -0.167. The maximum Gasteiger partial charge on any atom is 0.329 e. The summed E-state index contributed by atoms with van der Waals surface area (Å²) in [4.78, 5) is 28.2. The molecule has 0 aliphatic carbocycles. The van der Waals surface area contributed by atoms with Crippen molar-refractivity contribution in [1.82, 2.24) is 10.2 Å². The van der Waals surface area contributed by atoms with Crippen molar-refractivity contribution in [3.8, 4) is 0 Å². The third-order valence-corrected chi connectivity index (χ3v) is 5.70. The van der Waals surface area contributed by atoms with Crippen molar-refractivity contribution in [2.75, 3.05) is 0 Å². The second-order valence-corrected chi connectivity index (χ2v) is 8.95. The molecule has 5 nitrogen and oxygen atoms in total. The molecular weight excluding hydrogens is 352 g/mol. The van der Waals surface area contributed by atoms with Gasteiger partial charge in [-0.05, 0) is 58.4 Å². The molecule has 152 valence electrons. The van der Waals surface area contributed by atoms with Gasteiger partial charge in [0.25, 0.3) is 0 Å². The zero-order valence-corrected chi connectivity index (χ0v) is 17.2. The smallest absolute Gasteiger partial charge is 0.329 e. The van der Waals surface area contributed by atoms with Crippen LogP contribution in [0.5, 0.6) is 0 Å². The molecule has 0 saturated carbocycles. The molecular formula is C23H32N2O3. The molecule has 2 aliphatic heterocycles. The molecule has 1 amide bonds. The molecule has 0 aromatic heterocycles. The van der Waals surface area contributed by atoms with E-state index in [0.717, 1.165) is 24.8 Å². The van der Waals surface area contributed by atoms with Crippen LogP contribution in [0.2, 0.25) is 0 Å². The van der Waals surface area contributed by atoms with Crippen LogP contribution in [-0.4, -0.2) is 40.0 Å². The maximum absolute atomic E-state index is 13.6.